The Bertz CT molecular complexity index is 986. The number of fused-ring (bicyclic) bond motifs is 1. The van der Waals surface area contributed by atoms with Gasteiger partial charge >= 0.3 is 0 Å². The molecule has 5 heteroatoms. The number of nitrogens with zero attached hydrogens (tertiary/aromatic N) is 1. The summed E-state index contributed by atoms with van der Waals surface area (Å²) in [5.41, 5.74) is 4.76. The summed E-state index contributed by atoms with van der Waals surface area (Å²) >= 11 is 1.58. The summed E-state index contributed by atoms with van der Waals surface area (Å²) in [6, 6.07) is 7.76. The molecule has 1 atom stereocenters. The molecule has 2 heterocycles. The first-order valence-corrected chi connectivity index (χ1v) is 10.3. The summed E-state index contributed by atoms with van der Waals surface area (Å²) < 4.78 is 0. The van der Waals surface area contributed by atoms with Crippen LogP contribution >= 0.6 is 11.3 Å². The Morgan fingerprint density at radius 3 is 2.78 bits per heavy atom. The van der Waals surface area contributed by atoms with Crippen LogP contribution < -0.4 is 5.32 Å². The zero-order valence-corrected chi connectivity index (χ0v) is 17.0. The SMILES string of the molecule is CCC1(c2cccc(C(C)=O)c2)C2=C(CC(C)(C)CC2=O)Nc2ncsc21. The normalized spacial score (nSPS) is 23.5. The van der Waals surface area contributed by atoms with Crippen LogP contribution in [0.3, 0.4) is 0 Å². The molecule has 1 aliphatic carbocycles. The lowest BCUT2D eigenvalue weighted by Gasteiger charge is -2.44. The molecule has 1 aliphatic heterocycles. The Balaban J connectivity index is 2.02. The van der Waals surface area contributed by atoms with Crippen molar-refractivity contribution in [1.29, 1.82) is 0 Å². The van der Waals surface area contributed by atoms with Crippen LogP contribution in [0.25, 0.3) is 0 Å². The van der Waals surface area contributed by atoms with Crippen molar-refractivity contribution in [2.24, 2.45) is 5.41 Å². The number of anilines is 1. The molecule has 2 aliphatic rings. The number of Topliss-reactive ketones (excluding diaryl/α,β-unsaturated/α-hetero) is 2. The maximum atomic E-state index is 13.4. The van der Waals surface area contributed by atoms with Gasteiger partial charge in [-0.3, -0.25) is 9.59 Å². The van der Waals surface area contributed by atoms with Crippen LogP contribution in [0.4, 0.5) is 5.82 Å². The van der Waals surface area contributed by atoms with E-state index in [1.807, 2.05) is 29.8 Å². The number of aromatic nitrogens is 1. The van der Waals surface area contributed by atoms with Crippen molar-refractivity contribution in [2.45, 2.75) is 52.4 Å². The first kappa shape index (κ1) is 18.1. The predicted molar refractivity (Wildman–Crippen MR) is 108 cm³/mol. The molecular weight excluding hydrogens is 356 g/mol. The number of thiazole rings is 1. The summed E-state index contributed by atoms with van der Waals surface area (Å²) in [7, 11) is 0. The standard InChI is InChI=1S/C22H24N2O2S/c1-5-22(15-8-6-7-14(9-15)13(2)25)18-16(10-21(3,4)11-17(18)26)24-20-19(22)27-12-23-20/h6-9,12,24H,5,10-11H2,1-4H3. The lowest BCUT2D eigenvalue weighted by atomic mass is 9.62. The van der Waals surface area contributed by atoms with Crippen molar-refractivity contribution in [2.75, 3.05) is 5.32 Å². The zero-order valence-electron chi connectivity index (χ0n) is 16.2. The average molecular weight is 381 g/mol. The number of allylic oxidation sites excluding steroid dienone is 2. The van der Waals surface area contributed by atoms with Gasteiger partial charge in [0, 0.05) is 23.3 Å². The smallest absolute Gasteiger partial charge is 0.162 e. The van der Waals surface area contributed by atoms with Crippen LogP contribution in [0.1, 0.15) is 67.8 Å². The van der Waals surface area contributed by atoms with Crippen LogP contribution in [0, 0.1) is 5.41 Å². The second-order valence-electron chi connectivity index (χ2n) is 8.35. The fourth-order valence-corrected chi connectivity index (χ4v) is 5.68. The molecular formula is C22H24N2O2S. The molecule has 0 amide bonds. The largest absolute Gasteiger partial charge is 0.342 e. The second kappa shape index (κ2) is 6.13. The summed E-state index contributed by atoms with van der Waals surface area (Å²) in [5.74, 6) is 1.08. The van der Waals surface area contributed by atoms with E-state index < -0.39 is 5.41 Å². The highest BCUT2D eigenvalue weighted by Gasteiger charge is 2.50. The number of hydrogen-bond acceptors (Lipinski definition) is 5. The lowest BCUT2D eigenvalue weighted by Crippen LogP contribution is -2.43. The summed E-state index contributed by atoms with van der Waals surface area (Å²) in [6.45, 7) is 7.97. The zero-order chi connectivity index (χ0) is 19.4. The molecule has 0 saturated carbocycles. The molecule has 1 N–H and O–H groups in total. The summed E-state index contributed by atoms with van der Waals surface area (Å²) in [6.07, 6.45) is 2.10. The van der Waals surface area contributed by atoms with Gasteiger partial charge in [0.25, 0.3) is 0 Å². The Kier molecular flexibility index (Phi) is 4.11. The van der Waals surface area contributed by atoms with E-state index in [1.54, 1.807) is 18.3 Å². The van der Waals surface area contributed by atoms with Gasteiger partial charge in [0.05, 0.1) is 15.8 Å². The fraction of sp³-hybridized carbons (Fsp3) is 0.409. The molecule has 0 saturated heterocycles. The van der Waals surface area contributed by atoms with E-state index in [-0.39, 0.29) is 17.0 Å². The summed E-state index contributed by atoms with van der Waals surface area (Å²) in [4.78, 5) is 31.0. The number of ketones is 2. The number of hydrogen-bond donors (Lipinski definition) is 1. The monoisotopic (exact) mass is 380 g/mol. The van der Waals surface area contributed by atoms with E-state index in [2.05, 4.69) is 31.1 Å². The average Bonchev–Trinajstić information content (AvgIpc) is 3.07. The number of carbonyl (C=O) groups is 2. The quantitative estimate of drug-likeness (QED) is 0.752. The molecule has 0 bridgehead atoms. The van der Waals surface area contributed by atoms with E-state index in [4.69, 9.17) is 0 Å². The highest BCUT2D eigenvalue weighted by Crippen LogP contribution is 2.55. The molecule has 4 rings (SSSR count). The third-order valence-electron chi connectivity index (χ3n) is 5.82. The third kappa shape index (κ3) is 2.67. The van der Waals surface area contributed by atoms with Crippen molar-refractivity contribution >= 4 is 28.7 Å². The third-order valence-corrected chi connectivity index (χ3v) is 6.81. The second-order valence-corrected chi connectivity index (χ2v) is 9.20. The first-order valence-electron chi connectivity index (χ1n) is 9.38. The first-order chi connectivity index (χ1) is 12.8. The van der Waals surface area contributed by atoms with Gasteiger partial charge in [0.15, 0.2) is 11.6 Å². The van der Waals surface area contributed by atoms with Gasteiger partial charge in [-0.15, -0.1) is 11.3 Å². The maximum absolute atomic E-state index is 13.4. The highest BCUT2D eigenvalue weighted by atomic mass is 32.1. The Morgan fingerprint density at radius 1 is 1.30 bits per heavy atom. The van der Waals surface area contributed by atoms with Crippen LogP contribution in [0.15, 0.2) is 41.0 Å². The Morgan fingerprint density at radius 2 is 2.07 bits per heavy atom. The van der Waals surface area contributed by atoms with Crippen LogP contribution in [0.5, 0.6) is 0 Å². The van der Waals surface area contributed by atoms with Crippen molar-refractivity contribution in [1.82, 2.24) is 4.98 Å². The number of nitrogens with one attached hydrogen (secondary N) is 1. The number of carbonyl (C=O) groups excluding carboxylic acids is 2. The minimum atomic E-state index is -0.546. The van der Waals surface area contributed by atoms with E-state index in [0.717, 1.165) is 40.4 Å². The van der Waals surface area contributed by atoms with E-state index in [0.29, 0.717) is 12.0 Å². The van der Waals surface area contributed by atoms with E-state index >= 15 is 0 Å². The van der Waals surface area contributed by atoms with Gasteiger partial charge in [0.1, 0.15) is 5.82 Å². The van der Waals surface area contributed by atoms with Crippen LogP contribution in [-0.4, -0.2) is 16.6 Å². The van der Waals surface area contributed by atoms with E-state index in [9.17, 15) is 9.59 Å². The molecule has 1 aromatic carbocycles. The molecule has 1 aromatic heterocycles. The number of benzene rings is 1. The highest BCUT2D eigenvalue weighted by molar-refractivity contribution is 7.10. The van der Waals surface area contributed by atoms with Crippen molar-refractivity contribution in [3.8, 4) is 0 Å². The van der Waals surface area contributed by atoms with Gasteiger partial charge in [-0.1, -0.05) is 39.0 Å². The van der Waals surface area contributed by atoms with Crippen LogP contribution in [0.2, 0.25) is 0 Å². The number of rotatable bonds is 3. The maximum Gasteiger partial charge on any atom is 0.162 e. The van der Waals surface area contributed by atoms with Gasteiger partial charge in [-0.25, -0.2) is 4.98 Å². The van der Waals surface area contributed by atoms with E-state index in [1.165, 1.54) is 0 Å². The molecule has 0 radical (unpaired) electrons. The van der Waals surface area contributed by atoms with Gasteiger partial charge in [0.2, 0.25) is 0 Å². The van der Waals surface area contributed by atoms with Gasteiger partial charge in [-0.05, 0) is 36.8 Å². The molecule has 2 aromatic rings. The molecule has 0 spiro atoms. The Labute approximate surface area is 163 Å². The predicted octanol–water partition coefficient (Wildman–Crippen LogP) is 5.11. The van der Waals surface area contributed by atoms with Crippen molar-refractivity contribution in [3.63, 3.8) is 0 Å². The topological polar surface area (TPSA) is 59.1 Å². The molecule has 1 unspecified atom stereocenters. The minimum absolute atomic E-state index is 0.0341. The minimum Gasteiger partial charge on any atom is -0.342 e. The Hall–Kier alpha value is -2.27. The fourth-order valence-electron chi connectivity index (χ4n) is 4.64. The van der Waals surface area contributed by atoms with Gasteiger partial charge in [-0.2, -0.15) is 0 Å². The van der Waals surface area contributed by atoms with Crippen molar-refractivity contribution < 1.29 is 9.59 Å². The van der Waals surface area contributed by atoms with Gasteiger partial charge < -0.3 is 5.32 Å². The summed E-state index contributed by atoms with van der Waals surface area (Å²) in [5, 5.41) is 3.45. The molecule has 4 nitrogen and oxygen atoms in total. The molecule has 0 fully saturated rings. The molecule has 140 valence electrons. The van der Waals surface area contributed by atoms with Crippen LogP contribution in [-0.2, 0) is 10.2 Å². The molecule has 27 heavy (non-hydrogen) atoms. The lowest BCUT2D eigenvalue weighted by molar-refractivity contribution is -0.118. The van der Waals surface area contributed by atoms with Crippen molar-refractivity contribution in [3.05, 3.63) is 57.1 Å².